The maximum atomic E-state index is 7.02. The molecular formula is C26H37BO3Si. The molecule has 1 aliphatic heterocycles. The van der Waals surface area contributed by atoms with E-state index in [-0.39, 0.29) is 29.8 Å². The molecule has 1 aliphatic rings. The highest BCUT2D eigenvalue weighted by atomic mass is 28.3. The summed E-state index contributed by atoms with van der Waals surface area (Å²) in [5.74, 6) is 2.11. The monoisotopic (exact) mass is 436 g/mol. The predicted octanol–water partition coefficient (Wildman–Crippen LogP) is 4.53. The van der Waals surface area contributed by atoms with Crippen molar-refractivity contribution >= 4 is 26.5 Å². The Labute approximate surface area is 190 Å². The molecule has 0 N–H and O–H groups in total. The second-order valence-electron chi connectivity index (χ2n) is 10.6. The van der Waals surface area contributed by atoms with E-state index < -0.39 is 9.04 Å². The summed E-state index contributed by atoms with van der Waals surface area (Å²) in [4.78, 5) is 0. The van der Waals surface area contributed by atoms with Gasteiger partial charge in [0.2, 0.25) is 9.04 Å². The fourth-order valence-electron chi connectivity index (χ4n) is 3.99. The first-order valence-electron chi connectivity index (χ1n) is 11.2. The molecule has 0 bridgehead atoms. The van der Waals surface area contributed by atoms with Gasteiger partial charge >= 0.3 is 7.12 Å². The summed E-state index contributed by atoms with van der Waals surface area (Å²) in [7, 11) is -2.26. The minimum Gasteiger partial charge on any atom is -0.404 e. The zero-order valence-electron chi connectivity index (χ0n) is 20.3. The van der Waals surface area contributed by atoms with E-state index in [4.69, 9.17) is 13.7 Å². The van der Waals surface area contributed by atoms with E-state index in [9.17, 15) is 0 Å². The molecule has 1 atom stereocenters. The van der Waals surface area contributed by atoms with Crippen molar-refractivity contribution in [2.75, 3.05) is 0 Å². The Morgan fingerprint density at radius 2 is 1.29 bits per heavy atom. The van der Waals surface area contributed by atoms with Crippen LogP contribution in [0, 0.1) is 5.41 Å². The number of hydrogen-bond donors (Lipinski definition) is 0. The predicted molar refractivity (Wildman–Crippen MR) is 133 cm³/mol. The molecule has 1 unspecified atom stereocenters. The van der Waals surface area contributed by atoms with E-state index in [1.807, 2.05) is 0 Å². The van der Waals surface area contributed by atoms with E-state index in [0.29, 0.717) is 0 Å². The van der Waals surface area contributed by atoms with E-state index in [0.717, 1.165) is 5.57 Å². The first kappa shape index (κ1) is 24.0. The lowest BCUT2D eigenvalue weighted by atomic mass is 9.79. The Morgan fingerprint density at radius 3 is 1.68 bits per heavy atom. The lowest BCUT2D eigenvalue weighted by molar-refractivity contribution is 0.00578. The molecule has 166 valence electrons. The minimum atomic E-state index is -1.89. The summed E-state index contributed by atoms with van der Waals surface area (Å²) >= 11 is 0. The van der Waals surface area contributed by atoms with E-state index in [2.05, 4.69) is 122 Å². The third-order valence-corrected chi connectivity index (χ3v) is 8.87. The average molecular weight is 436 g/mol. The van der Waals surface area contributed by atoms with Gasteiger partial charge in [-0.3, -0.25) is 0 Å². The highest BCUT2D eigenvalue weighted by molar-refractivity contribution is 6.80. The van der Waals surface area contributed by atoms with Crippen molar-refractivity contribution in [1.82, 2.24) is 0 Å². The molecule has 3 rings (SSSR count). The van der Waals surface area contributed by atoms with Crippen molar-refractivity contribution < 1.29 is 13.7 Å². The molecule has 0 saturated carbocycles. The molecular weight excluding hydrogens is 399 g/mol. The summed E-state index contributed by atoms with van der Waals surface area (Å²) in [6.07, 6.45) is -0.0522. The van der Waals surface area contributed by atoms with Gasteiger partial charge in [-0.1, -0.05) is 93.0 Å². The van der Waals surface area contributed by atoms with Gasteiger partial charge in [0, 0.05) is 0 Å². The fraction of sp³-hybridized carbons (Fsp3) is 0.462. The van der Waals surface area contributed by atoms with Gasteiger partial charge in [0.15, 0.2) is 0 Å². The van der Waals surface area contributed by atoms with Gasteiger partial charge in [0.1, 0.15) is 0 Å². The van der Waals surface area contributed by atoms with E-state index in [1.54, 1.807) is 0 Å². The highest BCUT2D eigenvalue weighted by Crippen LogP contribution is 2.38. The van der Waals surface area contributed by atoms with Crippen LogP contribution in [-0.2, 0) is 13.7 Å². The first-order chi connectivity index (χ1) is 14.4. The van der Waals surface area contributed by atoms with Crippen LogP contribution in [0.3, 0.4) is 0 Å². The topological polar surface area (TPSA) is 27.7 Å². The van der Waals surface area contributed by atoms with Gasteiger partial charge in [-0.25, -0.2) is 0 Å². The van der Waals surface area contributed by atoms with Gasteiger partial charge in [0.05, 0.1) is 17.3 Å². The summed E-state index contributed by atoms with van der Waals surface area (Å²) in [6, 6.07) is 21.3. The van der Waals surface area contributed by atoms with Crippen LogP contribution in [0.15, 0.2) is 72.2 Å². The summed E-state index contributed by atoms with van der Waals surface area (Å²) in [5.41, 5.74) is 0.379. The third kappa shape index (κ3) is 5.58. The Morgan fingerprint density at radius 1 is 0.871 bits per heavy atom. The van der Waals surface area contributed by atoms with Crippen molar-refractivity contribution in [2.24, 2.45) is 5.41 Å². The number of rotatable bonds is 6. The smallest absolute Gasteiger partial charge is 0.404 e. The molecule has 0 spiro atoms. The van der Waals surface area contributed by atoms with Gasteiger partial charge in [-0.2, -0.15) is 0 Å². The molecule has 0 radical (unpaired) electrons. The van der Waals surface area contributed by atoms with E-state index in [1.165, 1.54) is 10.4 Å². The largest absolute Gasteiger partial charge is 0.487 e. The second-order valence-corrected chi connectivity index (χ2v) is 13.0. The molecule has 0 aliphatic carbocycles. The summed E-state index contributed by atoms with van der Waals surface area (Å²) < 4.78 is 19.5. The molecule has 1 heterocycles. The summed E-state index contributed by atoms with van der Waals surface area (Å²) in [5, 5.41) is 2.57. The summed E-state index contributed by atoms with van der Waals surface area (Å²) in [6.45, 7) is 17.2. The lowest BCUT2D eigenvalue weighted by Crippen LogP contribution is -2.50. The number of hydrogen-bond acceptors (Lipinski definition) is 3. The maximum absolute atomic E-state index is 7.02. The van der Waals surface area contributed by atoms with Crippen molar-refractivity contribution in [3.63, 3.8) is 0 Å². The molecule has 3 nitrogen and oxygen atoms in total. The SMILES string of the molecule is C/C(=C\B1OC(C)(C)C(C)(C)O1)C(O[SiH](c1ccccc1)c1ccccc1)C(C)(C)C. The van der Waals surface area contributed by atoms with Gasteiger partial charge in [-0.05, 0) is 50.4 Å². The molecule has 1 saturated heterocycles. The van der Waals surface area contributed by atoms with Gasteiger partial charge < -0.3 is 13.7 Å². The minimum absolute atomic E-state index is 0.0522. The fourth-order valence-corrected chi connectivity index (χ4v) is 6.73. The van der Waals surface area contributed by atoms with Crippen molar-refractivity contribution in [3.8, 4) is 0 Å². The van der Waals surface area contributed by atoms with E-state index >= 15 is 0 Å². The molecule has 2 aromatic rings. The van der Waals surface area contributed by atoms with Crippen LogP contribution in [0.25, 0.3) is 0 Å². The molecule has 5 heteroatoms. The van der Waals surface area contributed by atoms with Crippen LogP contribution >= 0.6 is 0 Å². The molecule has 31 heavy (non-hydrogen) atoms. The molecule has 0 amide bonds. The normalized spacial score (nSPS) is 19.6. The molecule has 2 aromatic carbocycles. The van der Waals surface area contributed by atoms with Crippen LogP contribution in [0.2, 0.25) is 0 Å². The van der Waals surface area contributed by atoms with Crippen LogP contribution in [-0.4, -0.2) is 33.5 Å². The standard InChI is InChI=1S/C26H37BO3Si/c1-20(19-27-29-25(5,6)26(7,8)30-27)23(24(2,3)4)28-31(21-15-11-9-12-16-21)22-17-13-10-14-18-22/h9-19,23,31H,1-8H3/b20-19+. The zero-order valence-corrected chi connectivity index (χ0v) is 21.5. The molecule has 1 fully saturated rings. The maximum Gasteiger partial charge on any atom is 0.487 e. The van der Waals surface area contributed by atoms with Gasteiger partial charge in [-0.15, -0.1) is 0 Å². The van der Waals surface area contributed by atoms with Crippen molar-refractivity contribution in [3.05, 3.63) is 72.2 Å². The quantitative estimate of drug-likeness (QED) is 0.623. The third-order valence-electron chi connectivity index (χ3n) is 6.35. The highest BCUT2D eigenvalue weighted by Gasteiger charge is 2.50. The Hall–Kier alpha value is -1.66. The number of benzene rings is 2. The van der Waals surface area contributed by atoms with Crippen LogP contribution in [0.5, 0.6) is 0 Å². The Kier molecular flexibility index (Phi) is 7.02. The molecule has 0 aromatic heterocycles. The van der Waals surface area contributed by atoms with Gasteiger partial charge in [0.25, 0.3) is 0 Å². The van der Waals surface area contributed by atoms with Crippen LogP contribution < -0.4 is 10.4 Å². The average Bonchev–Trinajstić information content (AvgIpc) is 2.88. The second kappa shape index (κ2) is 9.07. The van der Waals surface area contributed by atoms with Crippen molar-refractivity contribution in [1.29, 1.82) is 0 Å². The lowest BCUT2D eigenvalue weighted by Gasteiger charge is -2.35. The first-order valence-corrected chi connectivity index (χ1v) is 12.8. The Balaban J connectivity index is 1.93. The van der Waals surface area contributed by atoms with Crippen molar-refractivity contribution in [2.45, 2.75) is 72.7 Å². The Bertz CT molecular complexity index is 832. The van der Waals surface area contributed by atoms with Crippen LogP contribution in [0.4, 0.5) is 0 Å². The zero-order chi connectivity index (χ0) is 22.9. The van der Waals surface area contributed by atoms with Crippen LogP contribution in [0.1, 0.15) is 55.4 Å².